The summed E-state index contributed by atoms with van der Waals surface area (Å²) in [6.45, 7) is 4.35. The summed E-state index contributed by atoms with van der Waals surface area (Å²) < 4.78 is 34.2. The molecule has 0 rings (SSSR count). The molecule has 0 heterocycles. The maximum atomic E-state index is 12.5. The lowest BCUT2D eigenvalue weighted by atomic mass is 10.0. The highest BCUT2D eigenvalue weighted by atomic mass is 31.2. The van der Waals surface area contributed by atoms with Gasteiger partial charge in [0.1, 0.15) is 19.8 Å². The van der Waals surface area contributed by atoms with Gasteiger partial charge in [0.2, 0.25) is 0 Å². The third-order valence-corrected chi connectivity index (χ3v) is 10.6. The molecule has 0 fully saturated rings. The summed E-state index contributed by atoms with van der Waals surface area (Å²) in [6.07, 6.45) is 39.7. The number of ether oxygens (including phenoxy) is 2. The third-order valence-electron chi connectivity index (χ3n) is 9.67. The van der Waals surface area contributed by atoms with E-state index in [4.69, 9.17) is 18.5 Å². The van der Waals surface area contributed by atoms with Crippen molar-refractivity contribution in [3.63, 3.8) is 0 Å². The van der Waals surface area contributed by atoms with Crippen molar-refractivity contribution in [3.05, 3.63) is 48.8 Å². The normalized spacial score (nSPS) is 15.2. The van der Waals surface area contributed by atoms with Crippen molar-refractivity contribution in [2.75, 3.05) is 47.5 Å². The number of quaternary nitrogens is 1. The summed E-state index contributed by atoms with van der Waals surface area (Å²) >= 11 is 0. The molecule has 0 saturated carbocycles. The number of nitrogens with zero attached hydrogens (tertiary/aromatic N) is 1. The van der Waals surface area contributed by atoms with Gasteiger partial charge in [0, 0.05) is 6.42 Å². The van der Waals surface area contributed by atoms with E-state index >= 15 is 0 Å². The van der Waals surface area contributed by atoms with Crippen LogP contribution >= 0.6 is 7.82 Å². The summed E-state index contributed by atoms with van der Waals surface area (Å²) in [5, 5.41) is 20.7. The Morgan fingerprint density at radius 1 is 0.649 bits per heavy atom. The fourth-order valence-corrected chi connectivity index (χ4v) is 6.66. The fraction of sp³-hybridized carbons (Fsp3) is 0.804. The largest absolute Gasteiger partial charge is 0.756 e. The quantitative estimate of drug-likeness (QED) is 0.0154. The lowest BCUT2D eigenvalue weighted by molar-refractivity contribution is -0.870. The van der Waals surface area contributed by atoms with Crippen LogP contribution in [-0.2, 0) is 27.9 Å². The summed E-state index contributed by atoms with van der Waals surface area (Å²) in [5.41, 5.74) is 0. The lowest BCUT2D eigenvalue weighted by Crippen LogP contribution is -2.37. The smallest absolute Gasteiger partial charge is 0.305 e. The number of hydrogen-bond donors (Lipinski definition) is 2. The number of aliphatic hydroxyl groups excluding tert-OH is 2. The van der Waals surface area contributed by atoms with Crippen LogP contribution in [-0.4, -0.2) is 86.5 Å². The average molecular weight is 828 g/mol. The zero-order valence-corrected chi connectivity index (χ0v) is 37.9. The first-order valence-corrected chi connectivity index (χ1v) is 24.0. The molecular weight excluding hydrogens is 741 g/mol. The molecule has 0 aromatic carbocycles. The van der Waals surface area contributed by atoms with Gasteiger partial charge in [-0.3, -0.25) is 9.36 Å². The van der Waals surface area contributed by atoms with Crippen molar-refractivity contribution in [2.24, 2.45) is 0 Å². The molecule has 0 aromatic rings. The number of unbranched alkanes of at least 4 members (excludes halogenated alkanes) is 17. The van der Waals surface area contributed by atoms with Crippen molar-refractivity contribution in [2.45, 2.75) is 193 Å². The molecule has 57 heavy (non-hydrogen) atoms. The Labute approximate surface area is 349 Å². The van der Waals surface area contributed by atoms with Crippen LogP contribution in [0.2, 0.25) is 0 Å². The van der Waals surface area contributed by atoms with Crippen molar-refractivity contribution < 1.29 is 47.5 Å². The predicted molar refractivity (Wildman–Crippen MR) is 234 cm³/mol. The molecule has 0 amide bonds. The molecule has 0 spiro atoms. The first-order chi connectivity index (χ1) is 27.4. The molecule has 3 unspecified atom stereocenters. The van der Waals surface area contributed by atoms with Gasteiger partial charge in [0.15, 0.2) is 6.10 Å². The van der Waals surface area contributed by atoms with Crippen LogP contribution in [0, 0.1) is 0 Å². The van der Waals surface area contributed by atoms with Gasteiger partial charge in [0.25, 0.3) is 7.82 Å². The van der Waals surface area contributed by atoms with Crippen LogP contribution < -0.4 is 4.89 Å². The molecule has 0 bridgehead atoms. The highest BCUT2D eigenvalue weighted by Crippen LogP contribution is 2.38. The number of allylic oxidation sites excluding steroid dienone is 6. The van der Waals surface area contributed by atoms with E-state index in [1.807, 2.05) is 39.4 Å². The summed E-state index contributed by atoms with van der Waals surface area (Å²) in [5.74, 6) is -0.510. The van der Waals surface area contributed by atoms with Crippen LogP contribution in [0.3, 0.4) is 0 Å². The second-order valence-corrected chi connectivity index (χ2v) is 17.8. The molecule has 0 aliphatic rings. The number of esters is 1. The predicted octanol–water partition coefficient (Wildman–Crippen LogP) is 10.8. The number of aliphatic hydroxyl groups is 2. The topological polar surface area (TPSA) is 135 Å². The Balaban J connectivity index is 4.51. The lowest BCUT2D eigenvalue weighted by Gasteiger charge is -2.28. The van der Waals surface area contributed by atoms with Crippen molar-refractivity contribution >= 4 is 13.8 Å². The average Bonchev–Trinajstić information content (AvgIpc) is 3.16. The number of carbonyl (C=O) groups excluding carboxylic acids is 1. The van der Waals surface area contributed by atoms with Gasteiger partial charge in [-0.1, -0.05) is 147 Å². The Morgan fingerprint density at radius 2 is 1.16 bits per heavy atom. The number of phosphoric ester groups is 1. The Hall–Kier alpha value is -1.78. The van der Waals surface area contributed by atoms with E-state index in [1.54, 1.807) is 0 Å². The van der Waals surface area contributed by atoms with Gasteiger partial charge in [-0.05, 0) is 63.9 Å². The molecule has 0 radical (unpaired) electrons. The molecule has 0 aliphatic heterocycles. The van der Waals surface area contributed by atoms with E-state index in [0.29, 0.717) is 23.9 Å². The van der Waals surface area contributed by atoms with E-state index in [1.165, 1.54) is 103 Å². The standard InChI is InChI=1S/C46H86NO9P/c1-6-8-10-12-14-16-18-20-21-22-23-25-27-29-31-33-39-53-43(42-56-57(51,52)55-40-38-47(3,4)5)41-54-46(50)37-34-36-45(49)44(48)35-32-30-28-26-24-19-17-15-13-11-9-7-2/h15,17,24,26,30,32-33,39,43-45,48-49H,6-14,16,18-23,25,27-29,31,34-38,40-42H2,1-5H3/b17-15-,26-24-,32-30-,39-33+/t43-,44?,45?/m1/s1. The molecule has 11 heteroatoms. The molecule has 0 aromatic heterocycles. The van der Waals surface area contributed by atoms with E-state index in [-0.39, 0.29) is 32.7 Å². The van der Waals surface area contributed by atoms with Gasteiger partial charge in [-0.25, -0.2) is 0 Å². The van der Waals surface area contributed by atoms with Crippen LogP contribution in [0.15, 0.2) is 48.8 Å². The van der Waals surface area contributed by atoms with Crippen molar-refractivity contribution in [1.29, 1.82) is 0 Å². The summed E-state index contributed by atoms with van der Waals surface area (Å²) in [7, 11) is 1.21. The van der Waals surface area contributed by atoms with Crippen LogP contribution in [0.4, 0.5) is 0 Å². The SMILES string of the molecule is CCCCC/C=C\C/C=C\C/C=C\CC(O)C(O)CCCC(=O)OC[C@H](COP(=O)([O-])OCC[N+](C)(C)C)O/C=C/CCCCCCCCCCCCCCCC. The Bertz CT molecular complexity index is 1090. The first-order valence-electron chi connectivity index (χ1n) is 22.6. The second kappa shape index (κ2) is 38.4. The van der Waals surface area contributed by atoms with Crippen molar-refractivity contribution in [1.82, 2.24) is 0 Å². The maximum absolute atomic E-state index is 12.5. The van der Waals surface area contributed by atoms with Crippen LogP contribution in [0.5, 0.6) is 0 Å². The van der Waals surface area contributed by atoms with Gasteiger partial charge in [-0.15, -0.1) is 0 Å². The summed E-state index contributed by atoms with van der Waals surface area (Å²) in [4.78, 5) is 24.9. The number of rotatable bonds is 41. The highest BCUT2D eigenvalue weighted by molar-refractivity contribution is 7.45. The van der Waals surface area contributed by atoms with Gasteiger partial charge >= 0.3 is 5.97 Å². The number of carbonyl (C=O) groups is 1. The molecule has 4 atom stereocenters. The fourth-order valence-electron chi connectivity index (χ4n) is 5.93. The van der Waals surface area contributed by atoms with Crippen LogP contribution in [0.1, 0.15) is 174 Å². The molecular formula is C46H86NO9P. The number of likely N-dealkylation sites (N-methyl/N-ethyl adjacent to an activating group) is 1. The molecule has 10 nitrogen and oxygen atoms in total. The van der Waals surface area contributed by atoms with E-state index in [0.717, 1.165) is 38.5 Å². The monoisotopic (exact) mass is 828 g/mol. The maximum Gasteiger partial charge on any atom is 0.305 e. The van der Waals surface area contributed by atoms with E-state index in [9.17, 15) is 24.5 Å². The van der Waals surface area contributed by atoms with E-state index < -0.39 is 32.1 Å². The van der Waals surface area contributed by atoms with Crippen molar-refractivity contribution in [3.8, 4) is 0 Å². The summed E-state index contributed by atoms with van der Waals surface area (Å²) in [6, 6.07) is 0. The zero-order chi connectivity index (χ0) is 42.3. The minimum atomic E-state index is -4.58. The number of hydrogen-bond acceptors (Lipinski definition) is 9. The first kappa shape index (κ1) is 55.2. The Morgan fingerprint density at radius 3 is 1.75 bits per heavy atom. The molecule has 2 N–H and O–H groups in total. The van der Waals surface area contributed by atoms with Gasteiger partial charge in [0.05, 0.1) is 46.2 Å². The highest BCUT2D eigenvalue weighted by Gasteiger charge is 2.20. The van der Waals surface area contributed by atoms with E-state index in [2.05, 4.69) is 38.2 Å². The van der Waals surface area contributed by atoms with Crippen LogP contribution in [0.25, 0.3) is 0 Å². The van der Waals surface area contributed by atoms with Gasteiger partial charge in [-0.2, -0.15) is 0 Å². The zero-order valence-electron chi connectivity index (χ0n) is 37.0. The molecule has 0 aliphatic carbocycles. The second-order valence-electron chi connectivity index (χ2n) is 16.4. The Kier molecular flexibility index (Phi) is 37.2. The minimum absolute atomic E-state index is 0.0184. The van der Waals surface area contributed by atoms with Gasteiger partial charge < -0.3 is 38.1 Å². The third kappa shape index (κ3) is 40.8. The molecule has 0 saturated heterocycles. The molecule has 334 valence electrons. The minimum Gasteiger partial charge on any atom is -0.756 e. The number of phosphoric acid groups is 1.